The monoisotopic (exact) mass is 348 g/mol. The number of aromatic nitrogens is 2. The summed E-state index contributed by atoms with van der Waals surface area (Å²) in [7, 11) is -3.32. The number of amides is 1. The van der Waals surface area contributed by atoms with Gasteiger partial charge in [-0.2, -0.15) is 0 Å². The van der Waals surface area contributed by atoms with E-state index < -0.39 is 10.0 Å². The molecule has 1 aliphatic rings. The summed E-state index contributed by atoms with van der Waals surface area (Å²) in [5.74, 6) is 1.46. The summed E-state index contributed by atoms with van der Waals surface area (Å²) < 4.78 is 27.6. The molecule has 128 valence electrons. The molecule has 0 fully saturated rings. The van der Waals surface area contributed by atoms with Crippen LogP contribution < -0.4 is 10.0 Å². The fraction of sp³-hybridized carbons (Fsp3) is 0.375. The number of sulfonamides is 1. The minimum Gasteiger partial charge on any atom is -0.315 e. The Morgan fingerprint density at radius 1 is 1.25 bits per heavy atom. The van der Waals surface area contributed by atoms with Crippen molar-refractivity contribution in [2.75, 3.05) is 15.8 Å². The van der Waals surface area contributed by atoms with Gasteiger partial charge in [0, 0.05) is 24.2 Å². The molecule has 0 atom stereocenters. The Morgan fingerprint density at radius 2 is 2.00 bits per heavy atom. The Labute approximate surface area is 141 Å². The van der Waals surface area contributed by atoms with E-state index in [-0.39, 0.29) is 11.7 Å². The molecule has 0 saturated heterocycles. The number of anilines is 2. The first-order valence-corrected chi connectivity index (χ1v) is 9.60. The number of rotatable bonds is 5. The molecule has 0 spiro atoms. The molecule has 2 heterocycles. The number of aryl methyl sites for hydroxylation is 1. The molecule has 1 aliphatic heterocycles. The molecule has 0 radical (unpaired) electrons. The molecule has 8 heteroatoms. The zero-order chi connectivity index (χ0) is 17.2. The van der Waals surface area contributed by atoms with Crippen molar-refractivity contribution in [2.24, 2.45) is 0 Å². The van der Waals surface area contributed by atoms with E-state index >= 15 is 0 Å². The van der Waals surface area contributed by atoms with E-state index in [2.05, 4.69) is 15.0 Å². The Hall–Kier alpha value is -2.35. The second kappa shape index (κ2) is 6.64. The molecule has 1 aromatic heterocycles. The van der Waals surface area contributed by atoms with Gasteiger partial charge in [0.2, 0.25) is 10.0 Å². The lowest BCUT2D eigenvalue weighted by atomic mass is 10.2. The SMILES string of the molecule is CCS(=O)(=O)Nc1ccc(C(=O)Nc2cnc3n2CCCC3)cc1. The minimum atomic E-state index is -3.32. The first kappa shape index (κ1) is 16.5. The molecule has 24 heavy (non-hydrogen) atoms. The van der Waals surface area contributed by atoms with Crippen molar-refractivity contribution < 1.29 is 13.2 Å². The molecule has 2 aromatic rings. The molecular weight excluding hydrogens is 328 g/mol. The summed E-state index contributed by atoms with van der Waals surface area (Å²) in [5, 5.41) is 2.87. The third-order valence-electron chi connectivity index (χ3n) is 4.01. The van der Waals surface area contributed by atoms with E-state index in [0.29, 0.717) is 17.1 Å². The number of benzene rings is 1. The molecule has 0 unspecified atom stereocenters. The van der Waals surface area contributed by atoms with Gasteiger partial charge in [-0.15, -0.1) is 0 Å². The fourth-order valence-electron chi connectivity index (χ4n) is 2.65. The Kier molecular flexibility index (Phi) is 4.57. The van der Waals surface area contributed by atoms with Crippen LogP contribution in [0.5, 0.6) is 0 Å². The molecule has 3 rings (SSSR count). The highest BCUT2D eigenvalue weighted by molar-refractivity contribution is 7.92. The Balaban J connectivity index is 1.70. The second-order valence-corrected chi connectivity index (χ2v) is 7.72. The second-order valence-electron chi connectivity index (χ2n) is 5.71. The first-order valence-electron chi connectivity index (χ1n) is 7.95. The Morgan fingerprint density at radius 3 is 2.71 bits per heavy atom. The van der Waals surface area contributed by atoms with Crippen molar-refractivity contribution in [3.63, 3.8) is 0 Å². The van der Waals surface area contributed by atoms with Crippen LogP contribution in [0, 0.1) is 0 Å². The van der Waals surface area contributed by atoms with Gasteiger partial charge in [0.25, 0.3) is 5.91 Å². The summed E-state index contributed by atoms with van der Waals surface area (Å²) in [6.45, 7) is 2.43. The molecule has 0 saturated carbocycles. The lowest BCUT2D eigenvalue weighted by Crippen LogP contribution is -2.18. The summed E-state index contributed by atoms with van der Waals surface area (Å²) in [6.07, 6.45) is 4.82. The molecular formula is C16H20N4O3S. The van der Waals surface area contributed by atoms with E-state index in [0.717, 1.165) is 31.6 Å². The quantitative estimate of drug-likeness (QED) is 0.866. The van der Waals surface area contributed by atoms with Crippen LogP contribution in [-0.4, -0.2) is 29.6 Å². The molecule has 0 aliphatic carbocycles. The van der Waals surface area contributed by atoms with Crippen LogP contribution in [0.25, 0.3) is 0 Å². The normalized spacial score (nSPS) is 14.0. The number of carbonyl (C=O) groups excluding carboxylic acids is 1. The van der Waals surface area contributed by atoms with Crippen LogP contribution in [0.15, 0.2) is 30.5 Å². The van der Waals surface area contributed by atoms with Gasteiger partial charge in [0.15, 0.2) is 0 Å². The zero-order valence-electron chi connectivity index (χ0n) is 13.4. The lowest BCUT2D eigenvalue weighted by molar-refractivity contribution is 0.102. The van der Waals surface area contributed by atoms with E-state index in [4.69, 9.17) is 0 Å². The fourth-order valence-corrected chi connectivity index (χ4v) is 3.29. The first-order chi connectivity index (χ1) is 11.5. The van der Waals surface area contributed by atoms with Gasteiger partial charge < -0.3 is 9.88 Å². The van der Waals surface area contributed by atoms with Crippen molar-refractivity contribution in [3.8, 4) is 0 Å². The van der Waals surface area contributed by atoms with Crippen LogP contribution in [0.3, 0.4) is 0 Å². The van der Waals surface area contributed by atoms with Gasteiger partial charge >= 0.3 is 0 Å². The van der Waals surface area contributed by atoms with E-state index in [1.165, 1.54) is 0 Å². The van der Waals surface area contributed by atoms with Crippen LogP contribution in [0.4, 0.5) is 11.5 Å². The van der Waals surface area contributed by atoms with Gasteiger partial charge in [0.1, 0.15) is 11.6 Å². The van der Waals surface area contributed by atoms with Crippen LogP contribution in [0.1, 0.15) is 35.9 Å². The van der Waals surface area contributed by atoms with Crippen LogP contribution in [-0.2, 0) is 23.0 Å². The highest BCUT2D eigenvalue weighted by Gasteiger charge is 2.16. The number of hydrogen-bond acceptors (Lipinski definition) is 4. The average molecular weight is 348 g/mol. The van der Waals surface area contributed by atoms with E-state index in [9.17, 15) is 13.2 Å². The third kappa shape index (κ3) is 3.59. The summed E-state index contributed by atoms with van der Waals surface area (Å²) >= 11 is 0. The van der Waals surface area contributed by atoms with Crippen molar-refractivity contribution in [1.29, 1.82) is 0 Å². The third-order valence-corrected chi connectivity index (χ3v) is 5.32. The maximum absolute atomic E-state index is 12.4. The highest BCUT2D eigenvalue weighted by atomic mass is 32.2. The minimum absolute atomic E-state index is 0.00155. The Bertz CT molecular complexity index is 841. The summed E-state index contributed by atoms with van der Waals surface area (Å²) in [6, 6.07) is 6.34. The topological polar surface area (TPSA) is 93.1 Å². The number of carbonyl (C=O) groups is 1. The van der Waals surface area contributed by atoms with Gasteiger partial charge in [-0.25, -0.2) is 13.4 Å². The standard InChI is InChI=1S/C16H20N4O3S/c1-2-24(22,23)19-13-8-6-12(7-9-13)16(21)18-15-11-17-14-5-3-4-10-20(14)15/h6-9,11,19H,2-5,10H2,1H3,(H,18,21). The van der Waals surface area contributed by atoms with Crippen molar-refractivity contribution in [3.05, 3.63) is 41.9 Å². The largest absolute Gasteiger partial charge is 0.315 e. The van der Waals surface area contributed by atoms with Gasteiger partial charge in [-0.05, 0) is 44.0 Å². The van der Waals surface area contributed by atoms with Gasteiger partial charge in [0.05, 0.1) is 11.9 Å². The highest BCUT2D eigenvalue weighted by Crippen LogP contribution is 2.20. The number of hydrogen-bond donors (Lipinski definition) is 2. The van der Waals surface area contributed by atoms with Crippen molar-refractivity contribution in [2.45, 2.75) is 32.7 Å². The van der Waals surface area contributed by atoms with Gasteiger partial charge in [-0.1, -0.05) is 0 Å². The van der Waals surface area contributed by atoms with Crippen molar-refractivity contribution >= 4 is 27.4 Å². The molecule has 2 N–H and O–H groups in total. The molecule has 0 bridgehead atoms. The smallest absolute Gasteiger partial charge is 0.256 e. The predicted octanol–water partition coefficient (Wildman–Crippen LogP) is 2.23. The van der Waals surface area contributed by atoms with E-state index in [1.807, 2.05) is 4.57 Å². The number of nitrogens with one attached hydrogen (secondary N) is 2. The van der Waals surface area contributed by atoms with Crippen LogP contribution >= 0.6 is 0 Å². The number of imidazole rings is 1. The molecule has 7 nitrogen and oxygen atoms in total. The zero-order valence-corrected chi connectivity index (χ0v) is 14.3. The average Bonchev–Trinajstić information content (AvgIpc) is 2.98. The molecule has 1 aromatic carbocycles. The maximum atomic E-state index is 12.4. The van der Waals surface area contributed by atoms with Gasteiger partial charge in [-0.3, -0.25) is 9.52 Å². The summed E-state index contributed by atoms with van der Waals surface area (Å²) in [5.41, 5.74) is 0.899. The maximum Gasteiger partial charge on any atom is 0.256 e. The molecule has 1 amide bonds. The number of nitrogens with zero attached hydrogens (tertiary/aromatic N) is 2. The van der Waals surface area contributed by atoms with E-state index in [1.54, 1.807) is 37.4 Å². The van der Waals surface area contributed by atoms with Crippen molar-refractivity contribution in [1.82, 2.24) is 9.55 Å². The van der Waals surface area contributed by atoms with Crippen LogP contribution in [0.2, 0.25) is 0 Å². The number of fused-ring (bicyclic) bond motifs is 1. The predicted molar refractivity (Wildman–Crippen MR) is 92.6 cm³/mol. The summed E-state index contributed by atoms with van der Waals surface area (Å²) in [4.78, 5) is 16.7. The lowest BCUT2D eigenvalue weighted by Gasteiger charge is -2.16.